The number of ether oxygens (including phenoxy) is 1. The Hall–Kier alpha value is -2.27. The maximum Gasteiger partial charge on any atom is 0.228 e. The predicted molar refractivity (Wildman–Crippen MR) is 88.9 cm³/mol. The summed E-state index contributed by atoms with van der Waals surface area (Å²) in [4.78, 5) is 20.7. The van der Waals surface area contributed by atoms with E-state index in [2.05, 4.69) is 29.1 Å². The number of carbonyl (C=O) groups excluding carboxylic acids is 1. The first-order valence-electron chi connectivity index (χ1n) is 7.81. The summed E-state index contributed by atoms with van der Waals surface area (Å²) in [6.07, 6.45) is 4.73. The third-order valence-corrected chi connectivity index (χ3v) is 3.88. The molecule has 2 aromatic rings. The van der Waals surface area contributed by atoms with E-state index in [1.54, 1.807) is 18.5 Å². The van der Waals surface area contributed by atoms with Crippen molar-refractivity contribution < 1.29 is 9.53 Å². The summed E-state index contributed by atoms with van der Waals surface area (Å²) in [6, 6.07) is 9.36. The van der Waals surface area contributed by atoms with Crippen LogP contribution in [0.2, 0.25) is 0 Å². The Kier molecular flexibility index (Phi) is 4.39. The molecule has 23 heavy (non-hydrogen) atoms. The first kappa shape index (κ1) is 15.6. The lowest BCUT2D eigenvalue weighted by molar-refractivity contribution is -0.118. The van der Waals surface area contributed by atoms with Gasteiger partial charge in [-0.2, -0.15) is 0 Å². The lowest BCUT2D eigenvalue weighted by Gasteiger charge is -2.13. The highest BCUT2D eigenvalue weighted by molar-refractivity contribution is 5.90. The van der Waals surface area contributed by atoms with Gasteiger partial charge in [0.15, 0.2) is 0 Å². The van der Waals surface area contributed by atoms with E-state index in [9.17, 15) is 4.79 Å². The van der Waals surface area contributed by atoms with E-state index in [-0.39, 0.29) is 17.4 Å². The Morgan fingerprint density at radius 3 is 2.91 bits per heavy atom. The van der Waals surface area contributed by atoms with Crippen LogP contribution in [-0.2, 0) is 9.53 Å². The minimum absolute atomic E-state index is 0.00786. The van der Waals surface area contributed by atoms with Crippen molar-refractivity contribution in [3.8, 4) is 11.3 Å². The molecular formula is C18H21N3O2. The highest BCUT2D eigenvalue weighted by atomic mass is 16.5. The smallest absolute Gasteiger partial charge is 0.228 e. The molecule has 1 saturated heterocycles. The molecule has 0 saturated carbocycles. The van der Waals surface area contributed by atoms with Crippen molar-refractivity contribution in [3.63, 3.8) is 0 Å². The standard InChI is InChI=1S/C18H21N3O2/c1-18(2)10-14(23-12-18)9-17(22)21-16-7-3-6-15(20-16)13-5-4-8-19-11-13/h3-8,11,14H,9-10,12H2,1-2H3,(H,20,21,22). The van der Waals surface area contributed by atoms with Gasteiger partial charge in [-0.05, 0) is 36.1 Å². The van der Waals surface area contributed by atoms with Crippen LogP contribution in [0.25, 0.3) is 11.3 Å². The number of carbonyl (C=O) groups is 1. The minimum Gasteiger partial charge on any atom is -0.377 e. The van der Waals surface area contributed by atoms with Gasteiger partial charge in [-0.15, -0.1) is 0 Å². The van der Waals surface area contributed by atoms with E-state index in [0.717, 1.165) is 17.7 Å². The third kappa shape index (κ3) is 4.13. The number of nitrogens with zero attached hydrogens (tertiary/aromatic N) is 2. The van der Waals surface area contributed by atoms with E-state index in [0.29, 0.717) is 18.8 Å². The van der Waals surface area contributed by atoms with Crippen molar-refractivity contribution >= 4 is 11.7 Å². The number of anilines is 1. The van der Waals surface area contributed by atoms with Crippen molar-refractivity contribution in [1.29, 1.82) is 0 Å². The second kappa shape index (κ2) is 6.46. The van der Waals surface area contributed by atoms with Crippen molar-refractivity contribution in [3.05, 3.63) is 42.7 Å². The van der Waals surface area contributed by atoms with E-state index in [4.69, 9.17) is 4.74 Å². The zero-order valence-electron chi connectivity index (χ0n) is 13.5. The molecule has 1 aliphatic heterocycles. The normalized spacial score (nSPS) is 19.5. The van der Waals surface area contributed by atoms with Crippen molar-refractivity contribution in [2.45, 2.75) is 32.8 Å². The van der Waals surface area contributed by atoms with Crippen LogP contribution in [-0.4, -0.2) is 28.6 Å². The summed E-state index contributed by atoms with van der Waals surface area (Å²) in [5.41, 5.74) is 1.86. The lowest BCUT2D eigenvalue weighted by atomic mass is 9.90. The molecule has 0 aliphatic carbocycles. The quantitative estimate of drug-likeness (QED) is 0.941. The molecule has 120 valence electrons. The number of hydrogen-bond acceptors (Lipinski definition) is 4. The fourth-order valence-electron chi connectivity index (χ4n) is 2.79. The molecule has 1 atom stereocenters. The van der Waals surface area contributed by atoms with E-state index >= 15 is 0 Å². The Morgan fingerprint density at radius 1 is 1.35 bits per heavy atom. The highest BCUT2D eigenvalue weighted by Gasteiger charge is 2.33. The fraction of sp³-hybridized carbons (Fsp3) is 0.389. The summed E-state index contributed by atoms with van der Waals surface area (Å²) in [7, 11) is 0. The third-order valence-electron chi connectivity index (χ3n) is 3.88. The van der Waals surface area contributed by atoms with Gasteiger partial charge in [0.25, 0.3) is 0 Å². The second-order valence-electron chi connectivity index (χ2n) is 6.70. The van der Waals surface area contributed by atoms with Crippen LogP contribution in [0.4, 0.5) is 5.82 Å². The molecule has 5 nitrogen and oxygen atoms in total. The van der Waals surface area contributed by atoms with Gasteiger partial charge in [0.05, 0.1) is 24.8 Å². The Labute approximate surface area is 136 Å². The maximum absolute atomic E-state index is 12.2. The van der Waals surface area contributed by atoms with Crippen LogP contribution < -0.4 is 5.32 Å². The molecule has 0 spiro atoms. The van der Waals surface area contributed by atoms with Crippen LogP contribution >= 0.6 is 0 Å². The summed E-state index contributed by atoms with van der Waals surface area (Å²) < 4.78 is 5.68. The first-order valence-corrected chi connectivity index (χ1v) is 7.81. The van der Waals surface area contributed by atoms with Crippen LogP contribution in [0.5, 0.6) is 0 Å². The molecule has 2 aromatic heterocycles. The largest absolute Gasteiger partial charge is 0.377 e. The molecule has 1 amide bonds. The average Bonchev–Trinajstić information content (AvgIpc) is 2.87. The molecule has 1 fully saturated rings. The topological polar surface area (TPSA) is 64.1 Å². The van der Waals surface area contributed by atoms with Gasteiger partial charge in [0.1, 0.15) is 5.82 Å². The number of pyridine rings is 2. The zero-order chi connectivity index (χ0) is 16.3. The van der Waals surface area contributed by atoms with Crippen LogP contribution in [0.3, 0.4) is 0 Å². The van der Waals surface area contributed by atoms with Crippen LogP contribution in [0.15, 0.2) is 42.7 Å². The molecule has 0 aromatic carbocycles. The molecule has 3 rings (SSSR count). The van der Waals surface area contributed by atoms with Crippen molar-refractivity contribution in [2.75, 3.05) is 11.9 Å². The van der Waals surface area contributed by atoms with E-state index in [1.807, 2.05) is 24.3 Å². The molecular weight excluding hydrogens is 290 g/mol. The first-order chi connectivity index (χ1) is 11.0. The fourth-order valence-corrected chi connectivity index (χ4v) is 2.79. The molecule has 0 bridgehead atoms. The lowest BCUT2D eigenvalue weighted by Crippen LogP contribution is -2.20. The van der Waals surface area contributed by atoms with Gasteiger partial charge in [-0.1, -0.05) is 19.9 Å². The van der Waals surface area contributed by atoms with Crippen LogP contribution in [0.1, 0.15) is 26.7 Å². The molecule has 1 aliphatic rings. The number of amides is 1. The number of hydrogen-bond donors (Lipinski definition) is 1. The van der Waals surface area contributed by atoms with Gasteiger partial charge >= 0.3 is 0 Å². The van der Waals surface area contributed by atoms with Gasteiger partial charge in [0, 0.05) is 18.0 Å². The van der Waals surface area contributed by atoms with Crippen molar-refractivity contribution in [1.82, 2.24) is 9.97 Å². The molecule has 1 N–H and O–H groups in total. The molecule has 1 unspecified atom stereocenters. The van der Waals surface area contributed by atoms with Gasteiger partial charge in [-0.25, -0.2) is 4.98 Å². The molecule has 3 heterocycles. The number of rotatable bonds is 4. The summed E-state index contributed by atoms with van der Waals surface area (Å²) >= 11 is 0. The summed E-state index contributed by atoms with van der Waals surface area (Å²) in [6.45, 7) is 5.02. The highest BCUT2D eigenvalue weighted by Crippen LogP contribution is 2.32. The number of aromatic nitrogens is 2. The predicted octanol–water partition coefficient (Wildman–Crippen LogP) is 3.29. The monoisotopic (exact) mass is 311 g/mol. The van der Waals surface area contributed by atoms with Gasteiger partial charge < -0.3 is 10.1 Å². The SMILES string of the molecule is CC1(C)COC(CC(=O)Nc2cccc(-c3cccnc3)n2)C1. The van der Waals surface area contributed by atoms with Gasteiger partial charge in [0.2, 0.25) is 5.91 Å². The van der Waals surface area contributed by atoms with E-state index in [1.165, 1.54) is 0 Å². The minimum atomic E-state index is -0.0662. The Morgan fingerprint density at radius 2 is 2.22 bits per heavy atom. The second-order valence-corrected chi connectivity index (χ2v) is 6.70. The molecule has 5 heteroatoms. The van der Waals surface area contributed by atoms with Crippen molar-refractivity contribution in [2.24, 2.45) is 5.41 Å². The number of nitrogens with one attached hydrogen (secondary N) is 1. The average molecular weight is 311 g/mol. The Bertz CT molecular complexity index is 686. The summed E-state index contributed by atoms with van der Waals surface area (Å²) in [5, 5.41) is 2.86. The molecule has 0 radical (unpaired) electrons. The van der Waals surface area contributed by atoms with Crippen LogP contribution in [0, 0.1) is 5.41 Å². The maximum atomic E-state index is 12.2. The Balaban J connectivity index is 1.63. The zero-order valence-corrected chi connectivity index (χ0v) is 13.5. The van der Waals surface area contributed by atoms with E-state index < -0.39 is 0 Å². The van der Waals surface area contributed by atoms with Gasteiger partial charge in [-0.3, -0.25) is 9.78 Å². The summed E-state index contributed by atoms with van der Waals surface area (Å²) in [5.74, 6) is 0.483.